The lowest BCUT2D eigenvalue weighted by Crippen LogP contribution is -2.61. The van der Waals surface area contributed by atoms with E-state index in [1.807, 2.05) is 6.07 Å². The Morgan fingerprint density at radius 3 is 1.26 bits per heavy atom. The van der Waals surface area contributed by atoms with Crippen LogP contribution in [0, 0.1) is 0 Å². The molecule has 96 heavy (non-hydrogen) atoms. The molecule has 490 valence electrons. The summed E-state index contributed by atoms with van der Waals surface area (Å²) in [4.78, 5) is 10.7. The van der Waals surface area contributed by atoms with Gasteiger partial charge in [-0.3, -0.25) is 4.98 Å². The Balaban J connectivity index is 1.26. The van der Waals surface area contributed by atoms with Crippen molar-refractivity contribution in [1.82, 2.24) is 9.55 Å². The van der Waals surface area contributed by atoms with E-state index in [1.165, 1.54) is 38.6 Å². The summed E-state index contributed by atoms with van der Waals surface area (Å²) in [6.07, 6.45) is 0. The van der Waals surface area contributed by atoms with E-state index in [2.05, 4.69) is 332 Å². The standard InChI is InChI=1S/C91H103BN4/c1-84(2,3)60-36-41-74-70(49-60)71-50-61(85(4,5)6)37-42-75(71)94(74)66-38-40-73-77(55-66)96(83-68(57-33-29-26-30-34-57)51-64(88(13,14)15)52-69(83)59-44-80(90(19,20)21)93-81(45-59)91(22,23)24)79-54-65(89(16,17)18)53-78-82(79)92(73)72-39-35-58(56-31-27-25-28-32-56)43-76(72)95(78)67-47-62(86(7,8)9)46-63(48-67)87(10,11)12/h25-55H,1-24H3/i25D,27D,28D,31D,32D. The minimum atomic E-state index is -0.416. The Kier molecular flexibility index (Phi) is 14.1. The zero-order valence-electron chi connectivity index (χ0n) is 66.9. The van der Waals surface area contributed by atoms with Crippen molar-refractivity contribution in [3.8, 4) is 39.1 Å². The van der Waals surface area contributed by atoms with E-state index in [1.54, 1.807) is 0 Å². The van der Waals surface area contributed by atoms with Gasteiger partial charge in [-0.15, -0.1) is 0 Å². The number of hydrogen-bond donors (Lipinski definition) is 0. The van der Waals surface area contributed by atoms with Crippen LogP contribution in [0.15, 0.2) is 188 Å². The second kappa shape index (κ2) is 22.6. The molecule has 0 amide bonds. The Morgan fingerprint density at radius 1 is 0.323 bits per heavy atom. The zero-order valence-corrected chi connectivity index (χ0v) is 61.9. The molecule has 0 unspecified atom stereocenters. The fourth-order valence-electron chi connectivity index (χ4n) is 14.3. The molecular weight excluding hydrogens is 1160 g/mol. The maximum Gasteiger partial charge on any atom is 0.252 e. The number of hydrogen-bond acceptors (Lipinski definition) is 3. The average Bonchev–Trinajstić information content (AvgIpc) is 0.728. The van der Waals surface area contributed by atoms with Gasteiger partial charge in [-0.1, -0.05) is 263 Å². The second-order valence-electron chi connectivity index (χ2n) is 36.0. The largest absolute Gasteiger partial charge is 0.311 e. The van der Waals surface area contributed by atoms with Crippen molar-refractivity contribution in [2.24, 2.45) is 0 Å². The van der Waals surface area contributed by atoms with Crippen LogP contribution in [0.1, 0.15) is 218 Å². The van der Waals surface area contributed by atoms with E-state index in [9.17, 15) is 2.74 Å². The van der Waals surface area contributed by atoms with Crippen molar-refractivity contribution in [3.05, 3.63) is 233 Å². The van der Waals surface area contributed by atoms with E-state index in [-0.39, 0.29) is 74.4 Å². The molecule has 0 radical (unpaired) electrons. The molecule has 2 aromatic heterocycles. The topological polar surface area (TPSA) is 24.3 Å². The van der Waals surface area contributed by atoms with Gasteiger partial charge in [0.15, 0.2) is 0 Å². The molecule has 0 saturated carbocycles. The quantitative estimate of drug-likeness (QED) is 0.155. The van der Waals surface area contributed by atoms with Gasteiger partial charge < -0.3 is 14.4 Å². The predicted molar refractivity (Wildman–Crippen MR) is 419 cm³/mol. The number of aromatic nitrogens is 2. The van der Waals surface area contributed by atoms with E-state index in [0.717, 1.165) is 106 Å². The van der Waals surface area contributed by atoms with E-state index in [0.29, 0.717) is 5.56 Å². The van der Waals surface area contributed by atoms with E-state index >= 15 is 0 Å². The second-order valence-corrected chi connectivity index (χ2v) is 36.0. The minimum Gasteiger partial charge on any atom is -0.311 e. The van der Waals surface area contributed by atoms with Crippen molar-refractivity contribution in [1.29, 1.82) is 0 Å². The summed E-state index contributed by atoms with van der Waals surface area (Å²) in [6, 6.07) is 59.0. The van der Waals surface area contributed by atoms with Crippen LogP contribution >= 0.6 is 0 Å². The Bertz CT molecular complexity index is 5050. The highest BCUT2D eigenvalue weighted by Crippen LogP contribution is 2.54. The van der Waals surface area contributed by atoms with Gasteiger partial charge in [-0.05, 0) is 196 Å². The Hall–Kier alpha value is -8.41. The molecule has 0 aliphatic carbocycles. The minimum absolute atomic E-state index is 0.0901. The summed E-state index contributed by atoms with van der Waals surface area (Å²) in [5.74, 6) is 0. The van der Waals surface area contributed by atoms with Crippen molar-refractivity contribution < 1.29 is 6.85 Å². The molecule has 9 aromatic carbocycles. The van der Waals surface area contributed by atoms with Gasteiger partial charge in [0.05, 0.1) is 23.6 Å². The van der Waals surface area contributed by atoms with E-state index in [4.69, 9.17) is 9.10 Å². The summed E-state index contributed by atoms with van der Waals surface area (Å²) in [7, 11) is 0. The zero-order chi connectivity index (χ0) is 73.5. The van der Waals surface area contributed by atoms with Gasteiger partial charge in [-0.2, -0.15) is 0 Å². The van der Waals surface area contributed by atoms with Gasteiger partial charge in [0, 0.05) is 78.2 Å². The summed E-state index contributed by atoms with van der Waals surface area (Å²) in [6.45, 7) is 54.8. The molecule has 2 aliphatic rings. The maximum absolute atomic E-state index is 9.50. The van der Waals surface area contributed by atoms with Crippen molar-refractivity contribution in [2.75, 3.05) is 9.80 Å². The Morgan fingerprint density at radius 2 is 0.771 bits per heavy atom. The van der Waals surface area contributed by atoms with Crippen LogP contribution in [0.3, 0.4) is 0 Å². The maximum atomic E-state index is 9.50. The van der Waals surface area contributed by atoms with Gasteiger partial charge in [0.1, 0.15) is 0 Å². The predicted octanol–water partition coefficient (Wildman–Crippen LogP) is 23.6. The molecule has 0 spiro atoms. The monoisotopic (exact) mass is 1270 g/mol. The summed E-state index contributed by atoms with van der Waals surface area (Å²) >= 11 is 0. The van der Waals surface area contributed by atoms with Crippen LogP contribution in [-0.2, 0) is 43.3 Å². The number of benzene rings is 9. The van der Waals surface area contributed by atoms with Crippen LogP contribution in [0.25, 0.3) is 60.9 Å². The number of rotatable bonds is 6. The van der Waals surface area contributed by atoms with Crippen molar-refractivity contribution in [3.63, 3.8) is 0 Å². The Labute approximate surface area is 583 Å². The van der Waals surface area contributed by atoms with Crippen LogP contribution in [-0.4, -0.2) is 16.3 Å². The molecule has 4 nitrogen and oxygen atoms in total. The van der Waals surface area contributed by atoms with E-state index < -0.39 is 11.5 Å². The third-order valence-corrected chi connectivity index (χ3v) is 20.3. The van der Waals surface area contributed by atoms with Crippen LogP contribution in [0.4, 0.5) is 34.1 Å². The van der Waals surface area contributed by atoms with Crippen LogP contribution < -0.4 is 26.2 Å². The van der Waals surface area contributed by atoms with Crippen LogP contribution in [0.2, 0.25) is 0 Å². The molecule has 0 fully saturated rings. The van der Waals surface area contributed by atoms with Gasteiger partial charge in [0.25, 0.3) is 6.71 Å². The third-order valence-electron chi connectivity index (χ3n) is 20.3. The molecule has 13 rings (SSSR count). The van der Waals surface area contributed by atoms with Gasteiger partial charge in [0.2, 0.25) is 0 Å². The lowest BCUT2D eigenvalue weighted by atomic mass is 9.33. The normalized spacial score (nSPS) is 14.7. The molecule has 5 heteroatoms. The SMILES string of the molecule is [2H]c1c([2H])c([2H])c(-c2ccc3c(c2)N(c2cc(C(C)(C)C)cc(C(C)(C)C)c2)c2cc(C(C)(C)C)cc4c2B3c2ccc(-n3c5ccc(C(C)(C)C)cc5c5cc(C(C)(C)C)ccc53)cc2N4c2c(-c3ccccc3)cc(C(C)(C)C)cc2-c2cc(C(C)(C)C)nc(C(C)(C)C)c2)c([2H])c1[2H]. The average molecular weight is 1270 g/mol. The van der Waals surface area contributed by atoms with Crippen molar-refractivity contribution >= 4 is 79.0 Å². The third kappa shape index (κ3) is 11.8. The molecular formula is C91H103BN4. The summed E-state index contributed by atoms with van der Waals surface area (Å²) < 4.78 is 48.2. The summed E-state index contributed by atoms with van der Waals surface area (Å²) in [5, 5.41) is 2.43. The van der Waals surface area contributed by atoms with Crippen LogP contribution in [0.5, 0.6) is 0 Å². The lowest BCUT2D eigenvalue weighted by Gasteiger charge is -2.46. The summed E-state index contributed by atoms with van der Waals surface area (Å²) in [5.41, 5.74) is 25.2. The molecule has 0 N–H and O–H groups in total. The first-order valence-corrected chi connectivity index (χ1v) is 34.9. The number of fused-ring (bicyclic) bond motifs is 7. The molecule has 0 saturated heterocycles. The number of nitrogens with zero attached hydrogens (tertiary/aromatic N) is 4. The molecule has 11 aromatic rings. The van der Waals surface area contributed by atoms with Gasteiger partial charge >= 0.3 is 0 Å². The lowest BCUT2D eigenvalue weighted by molar-refractivity contribution is 0.531. The fourth-order valence-corrected chi connectivity index (χ4v) is 14.3. The first-order valence-electron chi connectivity index (χ1n) is 37.4. The first kappa shape index (κ1) is 60.0. The molecule has 0 atom stereocenters. The number of pyridine rings is 1. The molecule has 4 heterocycles. The molecule has 0 bridgehead atoms. The van der Waals surface area contributed by atoms with Gasteiger partial charge in [-0.25, -0.2) is 0 Å². The molecule has 2 aliphatic heterocycles. The van der Waals surface area contributed by atoms with Crippen molar-refractivity contribution in [2.45, 2.75) is 209 Å². The highest BCUT2D eigenvalue weighted by molar-refractivity contribution is 7.00. The fraction of sp³-hybridized carbons (Fsp3) is 0.352. The smallest absolute Gasteiger partial charge is 0.252 e. The highest BCUT2D eigenvalue weighted by atomic mass is 15.2. The highest BCUT2D eigenvalue weighted by Gasteiger charge is 2.46. The first-order chi connectivity index (χ1) is 46.7. The number of anilines is 6.